The molecule has 50 valence electrons. The largest absolute Gasteiger partial charge is 0.594 e. The van der Waals surface area contributed by atoms with Gasteiger partial charge in [0.05, 0.1) is 11.3 Å². The van der Waals surface area contributed by atoms with Gasteiger partial charge in [0.1, 0.15) is 6.33 Å². The topological polar surface area (TPSA) is 70.0 Å². The Kier molecular flexibility index (Phi) is 0.830. The van der Waals surface area contributed by atoms with E-state index in [1.54, 1.807) is 4.40 Å². The molecule has 0 saturated heterocycles. The average Bonchev–Trinajstić information content (AvgIpc) is 2.33. The number of hydrogen-bond donors (Lipinski definition) is 0. The molecule has 6 nitrogen and oxygen atoms in total. The molecular formula is C4H3N5O. The molecule has 0 amide bonds. The molecule has 6 heteroatoms. The number of hydrogen-bond acceptors (Lipinski definition) is 4. The normalized spacial score (nSPS) is 10.4. The second-order valence-electron chi connectivity index (χ2n) is 1.74. The maximum Gasteiger partial charge on any atom is 0.320 e. The lowest BCUT2D eigenvalue weighted by atomic mass is 10.8. The van der Waals surface area contributed by atoms with E-state index in [1.807, 2.05) is 0 Å². The number of aromatic nitrogens is 5. The third kappa shape index (κ3) is 0.586. The molecule has 0 unspecified atom stereocenters. The van der Waals surface area contributed by atoms with Gasteiger partial charge in [0.15, 0.2) is 0 Å². The summed E-state index contributed by atoms with van der Waals surface area (Å²) in [7, 11) is 0. The van der Waals surface area contributed by atoms with Crippen LogP contribution in [0.4, 0.5) is 0 Å². The molecule has 0 atom stereocenters. The van der Waals surface area contributed by atoms with Gasteiger partial charge in [-0.05, 0) is 0 Å². The van der Waals surface area contributed by atoms with Crippen LogP contribution in [-0.2, 0) is 0 Å². The van der Waals surface area contributed by atoms with Gasteiger partial charge in [0, 0.05) is 0 Å². The summed E-state index contributed by atoms with van der Waals surface area (Å²) in [6.07, 6.45) is 4.29. The fourth-order valence-electron chi connectivity index (χ4n) is 0.664. The minimum absolute atomic E-state index is 0.303. The minimum Gasteiger partial charge on any atom is -0.594 e. The molecule has 0 aliphatic rings. The van der Waals surface area contributed by atoms with Crippen LogP contribution in [0.25, 0.3) is 5.78 Å². The molecule has 0 aliphatic heterocycles. The van der Waals surface area contributed by atoms with Crippen LogP contribution in [0.15, 0.2) is 18.7 Å². The van der Waals surface area contributed by atoms with Gasteiger partial charge in [0.2, 0.25) is 6.20 Å². The molecular weight excluding hydrogens is 134 g/mol. The lowest BCUT2D eigenvalue weighted by Crippen LogP contribution is -2.30. The van der Waals surface area contributed by atoms with E-state index in [1.165, 1.54) is 18.7 Å². The molecule has 10 heavy (non-hydrogen) atoms. The van der Waals surface area contributed by atoms with Crippen molar-refractivity contribution < 1.29 is 4.85 Å². The maximum atomic E-state index is 10.5. The van der Waals surface area contributed by atoms with Gasteiger partial charge in [0.25, 0.3) is 0 Å². The predicted octanol–water partition coefficient (Wildman–Crippen LogP) is -1.24. The second-order valence-corrected chi connectivity index (χ2v) is 1.74. The van der Waals surface area contributed by atoms with Crippen molar-refractivity contribution >= 4 is 5.78 Å². The highest BCUT2D eigenvalue weighted by Crippen LogP contribution is 1.85. The SMILES string of the molecule is [O-][n+]1ccn2cnnc2n1. The van der Waals surface area contributed by atoms with Gasteiger partial charge in [-0.3, -0.25) is 4.40 Å². The first-order valence-corrected chi connectivity index (χ1v) is 2.62. The summed E-state index contributed by atoms with van der Waals surface area (Å²) >= 11 is 0. The van der Waals surface area contributed by atoms with Crippen LogP contribution in [0.5, 0.6) is 0 Å². The lowest BCUT2D eigenvalue weighted by molar-refractivity contribution is -0.667. The van der Waals surface area contributed by atoms with E-state index in [9.17, 15) is 5.21 Å². The molecule has 0 spiro atoms. The summed E-state index contributed by atoms with van der Waals surface area (Å²) in [5, 5.41) is 21.1. The van der Waals surface area contributed by atoms with E-state index >= 15 is 0 Å². The summed E-state index contributed by atoms with van der Waals surface area (Å²) < 4.78 is 1.55. The van der Waals surface area contributed by atoms with Gasteiger partial charge in [-0.25, -0.2) is 0 Å². The van der Waals surface area contributed by atoms with Gasteiger partial charge in [-0.15, -0.1) is 10.2 Å². The number of fused-ring (bicyclic) bond motifs is 1. The molecule has 0 bridgehead atoms. The monoisotopic (exact) mass is 137 g/mol. The van der Waals surface area contributed by atoms with Gasteiger partial charge in [-0.2, -0.15) is 0 Å². The Bertz CT molecular complexity index is 355. The third-order valence-electron chi connectivity index (χ3n) is 1.10. The molecule has 0 saturated carbocycles. The zero-order valence-corrected chi connectivity index (χ0v) is 4.88. The van der Waals surface area contributed by atoms with Crippen LogP contribution in [0.2, 0.25) is 0 Å². The first kappa shape index (κ1) is 5.10. The molecule has 2 aromatic heterocycles. The summed E-state index contributed by atoms with van der Waals surface area (Å²) in [4.78, 5) is 0.435. The second kappa shape index (κ2) is 1.63. The number of rotatable bonds is 0. The zero-order valence-electron chi connectivity index (χ0n) is 4.88. The highest BCUT2D eigenvalue weighted by molar-refractivity contribution is 5.18. The highest BCUT2D eigenvalue weighted by atomic mass is 16.5. The van der Waals surface area contributed by atoms with Crippen molar-refractivity contribution in [3.05, 3.63) is 23.9 Å². The fraction of sp³-hybridized carbons (Fsp3) is 0. The van der Waals surface area contributed by atoms with Crippen LogP contribution in [-0.4, -0.2) is 19.7 Å². The molecule has 0 aromatic carbocycles. The Balaban J connectivity index is 2.86. The smallest absolute Gasteiger partial charge is 0.320 e. The Morgan fingerprint density at radius 3 is 3.40 bits per heavy atom. The molecule has 0 radical (unpaired) electrons. The van der Waals surface area contributed by atoms with E-state index in [0.717, 1.165) is 0 Å². The fourth-order valence-corrected chi connectivity index (χ4v) is 0.664. The third-order valence-corrected chi connectivity index (χ3v) is 1.10. The van der Waals surface area contributed by atoms with Crippen LogP contribution >= 0.6 is 0 Å². The van der Waals surface area contributed by atoms with Crippen LogP contribution in [0.3, 0.4) is 0 Å². The van der Waals surface area contributed by atoms with Crippen LogP contribution < -0.4 is 4.85 Å². The number of nitrogens with zero attached hydrogens (tertiary/aromatic N) is 5. The van der Waals surface area contributed by atoms with E-state index in [-0.39, 0.29) is 0 Å². The van der Waals surface area contributed by atoms with Crippen molar-refractivity contribution in [1.82, 2.24) is 19.7 Å². The summed E-state index contributed by atoms with van der Waals surface area (Å²) in [5.41, 5.74) is 0. The Hall–Kier alpha value is -1.72. The van der Waals surface area contributed by atoms with Gasteiger partial charge < -0.3 is 5.21 Å². The van der Waals surface area contributed by atoms with Crippen molar-refractivity contribution in [2.75, 3.05) is 0 Å². The van der Waals surface area contributed by atoms with E-state index in [2.05, 4.69) is 15.3 Å². The van der Waals surface area contributed by atoms with Crippen molar-refractivity contribution in [2.24, 2.45) is 0 Å². The van der Waals surface area contributed by atoms with Gasteiger partial charge >= 0.3 is 5.78 Å². The molecule has 2 rings (SSSR count). The van der Waals surface area contributed by atoms with Crippen molar-refractivity contribution in [2.45, 2.75) is 0 Å². The quantitative estimate of drug-likeness (QED) is 0.336. The molecule has 0 fully saturated rings. The summed E-state index contributed by atoms with van der Waals surface area (Å²) in [6, 6.07) is 0. The first-order chi connectivity index (χ1) is 4.86. The Labute approximate surface area is 55.3 Å². The zero-order chi connectivity index (χ0) is 6.97. The lowest BCUT2D eigenvalue weighted by Gasteiger charge is -1.89. The standard InChI is InChI=1S/C4H3N5O/c10-9-2-1-8-3-5-6-4(8)7-9/h1-3H. The summed E-state index contributed by atoms with van der Waals surface area (Å²) in [5.74, 6) is 0.303. The van der Waals surface area contributed by atoms with E-state index in [0.29, 0.717) is 10.6 Å². The first-order valence-electron chi connectivity index (χ1n) is 2.62. The van der Waals surface area contributed by atoms with E-state index in [4.69, 9.17) is 0 Å². The van der Waals surface area contributed by atoms with Crippen LogP contribution in [0, 0.1) is 5.21 Å². The highest BCUT2D eigenvalue weighted by Gasteiger charge is 1.98. The Morgan fingerprint density at radius 2 is 2.50 bits per heavy atom. The van der Waals surface area contributed by atoms with Gasteiger partial charge in [-0.1, -0.05) is 4.85 Å². The minimum atomic E-state index is 0.303. The molecule has 0 aliphatic carbocycles. The molecule has 2 aromatic rings. The van der Waals surface area contributed by atoms with Crippen molar-refractivity contribution in [3.8, 4) is 0 Å². The average molecular weight is 137 g/mol. The van der Waals surface area contributed by atoms with E-state index < -0.39 is 0 Å². The molecule has 2 heterocycles. The van der Waals surface area contributed by atoms with Crippen molar-refractivity contribution in [3.63, 3.8) is 0 Å². The predicted molar refractivity (Wildman–Crippen MR) is 29.7 cm³/mol. The Morgan fingerprint density at radius 1 is 1.60 bits per heavy atom. The maximum absolute atomic E-state index is 10.5. The van der Waals surface area contributed by atoms with Crippen LogP contribution in [0.1, 0.15) is 0 Å². The summed E-state index contributed by atoms with van der Waals surface area (Å²) in [6.45, 7) is 0. The molecule has 0 N–H and O–H groups in total. The van der Waals surface area contributed by atoms with Crippen molar-refractivity contribution in [1.29, 1.82) is 0 Å².